The summed E-state index contributed by atoms with van der Waals surface area (Å²) >= 11 is 0. The Kier molecular flexibility index (Phi) is 3.01. The first-order chi connectivity index (χ1) is 9.55. The number of rotatable bonds is 1. The first-order valence-electron chi connectivity index (χ1n) is 6.24. The van der Waals surface area contributed by atoms with E-state index in [4.69, 9.17) is 0 Å². The van der Waals surface area contributed by atoms with Gasteiger partial charge >= 0.3 is 6.18 Å². The van der Waals surface area contributed by atoms with Crippen molar-refractivity contribution in [2.45, 2.75) is 12.2 Å². The standard InChI is InChI=1S/C16H12F3N/c17-16(18,19)13-6-3-5-12(10-13)15-14-7-2-1-4-11(14)8-9-20-15/h1-10,15,20H. The Balaban J connectivity index is 2.04. The number of hydrogen-bond donors (Lipinski definition) is 1. The Morgan fingerprint density at radius 3 is 2.55 bits per heavy atom. The summed E-state index contributed by atoms with van der Waals surface area (Å²) in [5.41, 5.74) is 1.99. The number of hydrogen-bond acceptors (Lipinski definition) is 1. The van der Waals surface area contributed by atoms with E-state index in [1.165, 1.54) is 12.1 Å². The first-order valence-corrected chi connectivity index (χ1v) is 6.24. The van der Waals surface area contributed by atoms with E-state index in [1.54, 1.807) is 12.3 Å². The average molecular weight is 275 g/mol. The normalized spacial score (nSPS) is 17.4. The molecule has 1 aliphatic heterocycles. The molecule has 4 heteroatoms. The van der Waals surface area contributed by atoms with E-state index in [0.29, 0.717) is 5.56 Å². The van der Waals surface area contributed by atoms with Gasteiger partial charge in [-0.1, -0.05) is 36.4 Å². The van der Waals surface area contributed by atoms with Crippen LogP contribution in [0, 0.1) is 0 Å². The fourth-order valence-electron chi connectivity index (χ4n) is 2.42. The van der Waals surface area contributed by atoms with E-state index < -0.39 is 11.7 Å². The quantitative estimate of drug-likeness (QED) is 0.815. The second kappa shape index (κ2) is 4.71. The average Bonchev–Trinajstić information content (AvgIpc) is 2.46. The monoisotopic (exact) mass is 275 g/mol. The van der Waals surface area contributed by atoms with E-state index in [0.717, 1.165) is 17.2 Å². The summed E-state index contributed by atoms with van der Waals surface area (Å²) in [5, 5.41) is 3.12. The Labute approximate surface area is 114 Å². The third-order valence-corrected chi connectivity index (χ3v) is 3.38. The van der Waals surface area contributed by atoms with Crippen LogP contribution in [-0.4, -0.2) is 0 Å². The zero-order valence-corrected chi connectivity index (χ0v) is 10.5. The minimum absolute atomic E-state index is 0.251. The minimum Gasteiger partial charge on any atom is -0.380 e. The molecule has 2 aromatic carbocycles. The van der Waals surface area contributed by atoms with E-state index in [9.17, 15) is 13.2 Å². The van der Waals surface area contributed by atoms with Crippen LogP contribution in [0.3, 0.4) is 0 Å². The Hall–Kier alpha value is -2.23. The zero-order chi connectivity index (χ0) is 14.2. The zero-order valence-electron chi connectivity index (χ0n) is 10.5. The molecule has 0 radical (unpaired) electrons. The molecule has 0 bridgehead atoms. The van der Waals surface area contributed by atoms with Crippen LogP contribution in [0.2, 0.25) is 0 Å². The summed E-state index contributed by atoms with van der Waals surface area (Å²) in [7, 11) is 0. The molecule has 20 heavy (non-hydrogen) atoms. The summed E-state index contributed by atoms with van der Waals surface area (Å²) in [6.07, 6.45) is -0.632. The van der Waals surface area contributed by atoms with Crippen LogP contribution in [-0.2, 0) is 6.18 Å². The smallest absolute Gasteiger partial charge is 0.380 e. The highest BCUT2D eigenvalue weighted by atomic mass is 19.4. The summed E-state index contributed by atoms with van der Waals surface area (Å²) in [5.74, 6) is 0. The van der Waals surface area contributed by atoms with Crippen molar-refractivity contribution in [2.75, 3.05) is 0 Å². The van der Waals surface area contributed by atoms with Crippen molar-refractivity contribution in [3.63, 3.8) is 0 Å². The fraction of sp³-hybridized carbons (Fsp3) is 0.125. The number of halogens is 3. The molecular weight excluding hydrogens is 263 g/mol. The Bertz CT molecular complexity index is 659. The van der Waals surface area contributed by atoms with Gasteiger partial charge in [0.1, 0.15) is 0 Å². The molecule has 2 aromatic rings. The Morgan fingerprint density at radius 1 is 0.950 bits per heavy atom. The minimum atomic E-state index is -4.32. The lowest BCUT2D eigenvalue weighted by atomic mass is 9.91. The van der Waals surface area contributed by atoms with Gasteiger partial charge in [-0.15, -0.1) is 0 Å². The van der Waals surface area contributed by atoms with Gasteiger partial charge < -0.3 is 5.32 Å². The third kappa shape index (κ3) is 2.29. The summed E-state index contributed by atoms with van der Waals surface area (Å²) in [4.78, 5) is 0. The van der Waals surface area contributed by atoms with Gasteiger partial charge in [-0.2, -0.15) is 13.2 Å². The number of benzene rings is 2. The lowest BCUT2D eigenvalue weighted by Crippen LogP contribution is -2.21. The van der Waals surface area contributed by atoms with Crippen molar-refractivity contribution in [2.24, 2.45) is 0 Å². The van der Waals surface area contributed by atoms with Crippen LogP contribution in [0.5, 0.6) is 0 Å². The molecule has 1 nitrogen and oxygen atoms in total. The van der Waals surface area contributed by atoms with Crippen molar-refractivity contribution in [1.82, 2.24) is 5.32 Å². The summed E-state index contributed by atoms with van der Waals surface area (Å²) in [6, 6.07) is 12.9. The fourth-order valence-corrected chi connectivity index (χ4v) is 2.42. The predicted molar refractivity (Wildman–Crippen MR) is 71.9 cm³/mol. The maximum absolute atomic E-state index is 12.8. The molecule has 0 aromatic heterocycles. The highest BCUT2D eigenvalue weighted by Crippen LogP contribution is 2.34. The number of alkyl halides is 3. The second-order valence-electron chi connectivity index (χ2n) is 4.69. The molecule has 1 unspecified atom stereocenters. The van der Waals surface area contributed by atoms with E-state index in [-0.39, 0.29) is 6.04 Å². The molecule has 0 aliphatic carbocycles. The Morgan fingerprint density at radius 2 is 1.75 bits per heavy atom. The molecule has 0 spiro atoms. The molecule has 0 saturated carbocycles. The first kappa shape index (κ1) is 12.8. The van der Waals surface area contributed by atoms with Crippen molar-refractivity contribution in [1.29, 1.82) is 0 Å². The van der Waals surface area contributed by atoms with Crippen molar-refractivity contribution < 1.29 is 13.2 Å². The van der Waals surface area contributed by atoms with E-state index in [1.807, 2.05) is 30.3 Å². The molecule has 102 valence electrons. The highest BCUT2D eigenvalue weighted by molar-refractivity contribution is 5.59. The lowest BCUT2D eigenvalue weighted by molar-refractivity contribution is -0.137. The van der Waals surface area contributed by atoms with Gasteiger partial charge in [0.25, 0.3) is 0 Å². The van der Waals surface area contributed by atoms with Crippen molar-refractivity contribution in [3.05, 3.63) is 77.0 Å². The molecule has 1 N–H and O–H groups in total. The van der Waals surface area contributed by atoms with Gasteiger partial charge in [0.2, 0.25) is 0 Å². The molecule has 1 heterocycles. The van der Waals surface area contributed by atoms with Crippen LogP contribution in [0.1, 0.15) is 28.3 Å². The summed E-state index contributed by atoms with van der Waals surface area (Å²) in [6.45, 7) is 0. The van der Waals surface area contributed by atoms with Crippen LogP contribution < -0.4 is 5.32 Å². The predicted octanol–water partition coefficient (Wildman–Crippen LogP) is 4.37. The van der Waals surface area contributed by atoms with E-state index in [2.05, 4.69) is 5.32 Å². The maximum Gasteiger partial charge on any atom is 0.416 e. The lowest BCUT2D eigenvalue weighted by Gasteiger charge is -2.24. The third-order valence-electron chi connectivity index (χ3n) is 3.38. The van der Waals surface area contributed by atoms with Gasteiger partial charge in [-0.25, -0.2) is 0 Å². The van der Waals surface area contributed by atoms with Crippen molar-refractivity contribution in [3.8, 4) is 0 Å². The summed E-state index contributed by atoms with van der Waals surface area (Å²) < 4.78 is 38.4. The maximum atomic E-state index is 12.8. The number of nitrogens with one attached hydrogen (secondary N) is 1. The van der Waals surface area contributed by atoms with Gasteiger partial charge in [0.05, 0.1) is 11.6 Å². The van der Waals surface area contributed by atoms with Crippen LogP contribution >= 0.6 is 0 Å². The molecule has 1 aliphatic rings. The molecular formula is C16H12F3N. The molecule has 0 amide bonds. The van der Waals surface area contributed by atoms with Crippen LogP contribution in [0.15, 0.2) is 54.7 Å². The highest BCUT2D eigenvalue weighted by Gasteiger charge is 2.31. The van der Waals surface area contributed by atoms with Crippen LogP contribution in [0.25, 0.3) is 6.08 Å². The van der Waals surface area contributed by atoms with Gasteiger partial charge in [0.15, 0.2) is 0 Å². The second-order valence-corrected chi connectivity index (χ2v) is 4.69. The van der Waals surface area contributed by atoms with Crippen molar-refractivity contribution >= 4 is 6.08 Å². The van der Waals surface area contributed by atoms with Gasteiger partial charge in [0, 0.05) is 0 Å². The number of fused-ring (bicyclic) bond motifs is 1. The van der Waals surface area contributed by atoms with Gasteiger partial charge in [-0.05, 0) is 41.1 Å². The van der Waals surface area contributed by atoms with E-state index >= 15 is 0 Å². The molecule has 0 saturated heterocycles. The SMILES string of the molecule is FC(F)(F)c1cccc(C2NC=Cc3ccccc32)c1. The van der Waals surface area contributed by atoms with Gasteiger partial charge in [-0.3, -0.25) is 0 Å². The molecule has 1 atom stereocenters. The molecule has 0 fully saturated rings. The molecule has 3 rings (SSSR count). The largest absolute Gasteiger partial charge is 0.416 e. The van der Waals surface area contributed by atoms with Crippen LogP contribution in [0.4, 0.5) is 13.2 Å². The topological polar surface area (TPSA) is 12.0 Å².